The van der Waals surface area contributed by atoms with Gasteiger partial charge in [-0.2, -0.15) is 0 Å². The molecular weight excluding hydrogens is 214 g/mol. The SMILES string of the molecule is NNc1cc(N2CCS(=O)CC2)ncn1. The van der Waals surface area contributed by atoms with Crippen LogP contribution in [0.4, 0.5) is 11.6 Å². The molecule has 1 aromatic rings. The Labute approximate surface area is 90.3 Å². The standard InChI is InChI=1S/C8H13N5OS/c9-12-7-5-8(11-6-10-7)13-1-3-15(14)4-2-13/h5-6H,1-4,9H2,(H,10,11,12). The van der Waals surface area contributed by atoms with E-state index in [2.05, 4.69) is 20.3 Å². The smallest absolute Gasteiger partial charge is 0.145 e. The minimum atomic E-state index is -0.667. The second kappa shape index (κ2) is 4.54. The van der Waals surface area contributed by atoms with Crippen molar-refractivity contribution in [2.45, 2.75) is 0 Å². The maximum Gasteiger partial charge on any atom is 0.145 e. The van der Waals surface area contributed by atoms with Crippen LogP contribution in [0, 0.1) is 0 Å². The van der Waals surface area contributed by atoms with E-state index in [1.807, 2.05) is 0 Å². The first kappa shape index (κ1) is 10.3. The van der Waals surface area contributed by atoms with Crippen LogP contribution < -0.4 is 16.2 Å². The largest absolute Gasteiger partial charge is 0.355 e. The molecule has 82 valence electrons. The van der Waals surface area contributed by atoms with Crippen LogP contribution in [0.25, 0.3) is 0 Å². The zero-order chi connectivity index (χ0) is 10.7. The Bertz CT molecular complexity index is 362. The van der Waals surface area contributed by atoms with E-state index >= 15 is 0 Å². The van der Waals surface area contributed by atoms with E-state index in [1.165, 1.54) is 6.33 Å². The first-order chi connectivity index (χ1) is 7.29. The zero-order valence-corrected chi connectivity index (χ0v) is 9.04. The minimum Gasteiger partial charge on any atom is -0.355 e. The lowest BCUT2D eigenvalue weighted by Crippen LogP contribution is -2.38. The van der Waals surface area contributed by atoms with Gasteiger partial charge < -0.3 is 10.3 Å². The van der Waals surface area contributed by atoms with Crippen molar-refractivity contribution in [3.05, 3.63) is 12.4 Å². The van der Waals surface area contributed by atoms with Crippen LogP contribution in [-0.4, -0.2) is 38.8 Å². The summed E-state index contributed by atoms with van der Waals surface area (Å²) < 4.78 is 11.2. The molecule has 2 rings (SSSR count). The second-order valence-corrected chi connectivity index (χ2v) is 4.94. The first-order valence-corrected chi connectivity index (χ1v) is 6.17. The molecule has 0 amide bonds. The number of hydrogen-bond donors (Lipinski definition) is 2. The summed E-state index contributed by atoms with van der Waals surface area (Å²) in [6.07, 6.45) is 1.47. The molecule has 0 unspecified atom stereocenters. The third-order valence-electron chi connectivity index (χ3n) is 2.30. The molecule has 0 saturated carbocycles. The predicted molar refractivity (Wildman–Crippen MR) is 59.9 cm³/mol. The van der Waals surface area contributed by atoms with Crippen molar-refractivity contribution >= 4 is 22.4 Å². The molecule has 1 aliphatic heterocycles. The van der Waals surface area contributed by atoms with Crippen LogP contribution >= 0.6 is 0 Å². The van der Waals surface area contributed by atoms with Gasteiger partial charge in [0.1, 0.15) is 18.0 Å². The molecule has 1 fully saturated rings. The summed E-state index contributed by atoms with van der Waals surface area (Å²) in [6.45, 7) is 1.54. The Kier molecular flexibility index (Phi) is 3.12. The van der Waals surface area contributed by atoms with Crippen LogP contribution in [0.2, 0.25) is 0 Å². The summed E-state index contributed by atoms with van der Waals surface area (Å²) in [5.41, 5.74) is 2.48. The second-order valence-electron chi connectivity index (χ2n) is 3.24. The normalized spacial score (nSPS) is 17.8. The maximum absolute atomic E-state index is 11.2. The summed E-state index contributed by atoms with van der Waals surface area (Å²) in [6, 6.07) is 1.79. The molecule has 0 bridgehead atoms. The van der Waals surface area contributed by atoms with Crippen molar-refractivity contribution in [3.8, 4) is 0 Å². The number of nitrogens with two attached hydrogens (primary N) is 1. The Morgan fingerprint density at radius 1 is 1.40 bits per heavy atom. The van der Waals surface area contributed by atoms with Crippen molar-refractivity contribution in [2.24, 2.45) is 5.84 Å². The highest BCUT2D eigenvalue weighted by Gasteiger charge is 2.16. The van der Waals surface area contributed by atoms with Crippen LogP contribution in [0.3, 0.4) is 0 Å². The van der Waals surface area contributed by atoms with Crippen molar-refractivity contribution in [1.82, 2.24) is 9.97 Å². The van der Waals surface area contributed by atoms with E-state index in [9.17, 15) is 4.21 Å². The van der Waals surface area contributed by atoms with E-state index < -0.39 is 10.8 Å². The predicted octanol–water partition coefficient (Wildman–Crippen LogP) is -0.669. The fraction of sp³-hybridized carbons (Fsp3) is 0.500. The van der Waals surface area contributed by atoms with Gasteiger partial charge in [0, 0.05) is 41.5 Å². The Hall–Kier alpha value is -1.21. The van der Waals surface area contributed by atoms with Gasteiger partial charge in [0.25, 0.3) is 0 Å². The topological polar surface area (TPSA) is 84.1 Å². The molecular formula is C8H13N5OS. The Morgan fingerprint density at radius 3 is 2.80 bits per heavy atom. The molecule has 1 aromatic heterocycles. The number of nitrogens with one attached hydrogen (secondary N) is 1. The highest BCUT2D eigenvalue weighted by Crippen LogP contribution is 2.15. The van der Waals surface area contributed by atoms with Gasteiger partial charge in [0.15, 0.2) is 0 Å². The van der Waals surface area contributed by atoms with Crippen LogP contribution in [0.1, 0.15) is 0 Å². The van der Waals surface area contributed by atoms with E-state index in [0.29, 0.717) is 17.3 Å². The molecule has 0 spiro atoms. The van der Waals surface area contributed by atoms with Crippen LogP contribution in [0.5, 0.6) is 0 Å². The van der Waals surface area contributed by atoms with Gasteiger partial charge in [0.2, 0.25) is 0 Å². The van der Waals surface area contributed by atoms with Gasteiger partial charge in [-0.25, -0.2) is 15.8 Å². The van der Waals surface area contributed by atoms with Crippen molar-refractivity contribution < 1.29 is 4.21 Å². The van der Waals surface area contributed by atoms with Crippen LogP contribution in [-0.2, 0) is 10.8 Å². The van der Waals surface area contributed by atoms with E-state index in [4.69, 9.17) is 5.84 Å². The van der Waals surface area contributed by atoms with Gasteiger partial charge >= 0.3 is 0 Å². The summed E-state index contributed by atoms with van der Waals surface area (Å²) >= 11 is 0. The van der Waals surface area contributed by atoms with E-state index in [1.54, 1.807) is 6.07 Å². The minimum absolute atomic E-state index is 0.590. The third-order valence-corrected chi connectivity index (χ3v) is 3.58. The molecule has 7 heteroatoms. The Morgan fingerprint density at radius 2 is 2.13 bits per heavy atom. The molecule has 1 saturated heterocycles. The van der Waals surface area contributed by atoms with Crippen LogP contribution in [0.15, 0.2) is 12.4 Å². The number of nitrogens with zero attached hydrogens (tertiary/aromatic N) is 3. The first-order valence-electron chi connectivity index (χ1n) is 4.68. The van der Waals surface area contributed by atoms with Gasteiger partial charge in [-0.3, -0.25) is 4.21 Å². The zero-order valence-electron chi connectivity index (χ0n) is 8.22. The lowest BCUT2D eigenvalue weighted by molar-refractivity contribution is 0.672. The molecule has 0 aliphatic carbocycles. The lowest BCUT2D eigenvalue weighted by Gasteiger charge is -2.27. The summed E-state index contributed by atoms with van der Waals surface area (Å²) in [4.78, 5) is 10.2. The van der Waals surface area contributed by atoms with Gasteiger partial charge in [0.05, 0.1) is 0 Å². The quantitative estimate of drug-likeness (QED) is 0.515. The molecule has 15 heavy (non-hydrogen) atoms. The van der Waals surface area contributed by atoms with Gasteiger partial charge in [-0.1, -0.05) is 0 Å². The highest BCUT2D eigenvalue weighted by atomic mass is 32.2. The number of nitrogen functional groups attached to an aromatic ring is 1. The number of aromatic nitrogens is 2. The average molecular weight is 227 g/mol. The molecule has 0 aromatic carbocycles. The fourth-order valence-corrected chi connectivity index (χ4v) is 2.52. The van der Waals surface area contributed by atoms with Gasteiger partial charge in [-0.15, -0.1) is 0 Å². The summed E-state index contributed by atoms with van der Waals surface area (Å²) in [5, 5.41) is 0. The Balaban J connectivity index is 2.11. The molecule has 2 heterocycles. The van der Waals surface area contributed by atoms with Crippen molar-refractivity contribution in [2.75, 3.05) is 34.9 Å². The molecule has 0 radical (unpaired) electrons. The third kappa shape index (κ3) is 2.42. The molecule has 3 N–H and O–H groups in total. The van der Waals surface area contributed by atoms with Crippen molar-refractivity contribution in [1.29, 1.82) is 0 Å². The van der Waals surface area contributed by atoms with Gasteiger partial charge in [-0.05, 0) is 0 Å². The van der Waals surface area contributed by atoms with Crippen molar-refractivity contribution in [3.63, 3.8) is 0 Å². The fourth-order valence-electron chi connectivity index (χ4n) is 1.47. The number of hydrogen-bond acceptors (Lipinski definition) is 6. The summed E-state index contributed by atoms with van der Waals surface area (Å²) in [7, 11) is -0.667. The number of rotatable bonds is 2. The maximum atomic E-state index is 11.2. The molecule has 0 atom stereocenters. The number of hydrazine groups is 1. The lowest BCUT2D eigenvalue weighted by atomic mass is 10.4. The average Bonchev–Trinajstić information content (AvgIpc) is 2.30. The monoisotopic (exact) mass is 227 g/mol. The highest BCUT2D eigenvalue weighted by molar-refractivity contribution is 7.85. The van der Waals surface area contributed by atoms with E-state index in [0.717, 1.165) is 18.9 Å². The van der Waals surface area contributed by atoms with E-state index in [-0.39, 0.29) is 0 Å². The number of anilines is 2. The molecule has 1 aliphatic rings. The molecule has 6 nitrogen and oxygen atoms in total. The summed E-state index contributed by atoms with van der Waals surface area (Å²) in [5.74, 6) is 8.09.